The summed E-state index contributed by atoms with van der Waals surface area (Å²) in [6, 6.07) is 7.33. The average molecular weight is 283 g/mol. The minimum Gasteiger partial charge on any atom is -0.478 e. The molecule has 0 aliphatic carbocycles. The smallest absolute Gasteiger partial charge is 0.336 e. The van der Waals surface area contributed by atoms with Crippen molar-refractivity contribution in [3.05, 3.63) is 53.1 Å². The first-order valence-corrected chi connectivity index (χ1v) is 7.04. The predicted octanol–water partition coefficient (Wildman–Crippen LogP) is 2.44. The minimum atomic E-state index is -0.861. The fourth-order valence-electron chi connectivity index (χ4n) is 2.81. The van der Waals surface area contributed by atoms with Crippen LogP contribution in [0.3, 0.4) is 0 Å². The highest BCUT2D eigenvalue weighted by atomic mass is 16.4. The van der Waals surface area contributed by atoms with Gasteiger partial charge in [0.1, 0.15) is 5.82 Å². The van der Waals surface area contributed by atoms with Crippen LogP contribution in [0, 0.1) is 6.92 Å². The van der Waals surface area contributed by atoms with Crippen molar-refractivity contribution in [2.24, 2.45) is 0 Å². The number of carbonyl (C=O) groups is 1. The van der Waals surface area contributed by atoms with Crippen LogP contribution in [0.2, 0.25) is 0 Å². The molecule has 1 N–H and O–H groups in total. The van der Waals surface area contributed by atoms with Gasteiger partial charge in [-0.1, -0.05) is 6.07 Å². The first kappa shape index (κ1) is 13.5. The Labute approximate surface area is 123 Å². The number of aryl methyl sites for hydroxylation is 1. The first-order valence-electron chi connectivity index (χ1n) is 7.04. The number of nitrogens with zero attached hydrogens (tertiary/aromatic N) is 3. The van der Waals surface area contributed by atoms with Crippen molar-refractivity contribution < 1.29 is 9.90 Å². The van der Waals surface area contributed by atoms with E-state index >= 15 is 0 Å². The Hall–Kier alpha value is -2.43. The second-order valence-electron chi connectivity index (χ2n) is 5.25. The van der Waals surface area contributed by atoms with E-state index in [1.807, 2.05) is 19.1 Å². The number of benzene rings is 1. The number of hydrogen-bond acceptors (Lipinski definition) is 4. The summed E-state index contributed by atoms with van der Waals surface area (Å²) < 4.78 is 0. The van der Waals surface area contributed by atoms with Crippen LogP contribution in [0.4, 0.5) is 5.69 Å². The molecule has 5 heteroatoms. The zero-order valence-corrected chi connectivity index (χ0v) is 11.9. The van der Waals surface area contributed by atoms with Gasteiger partial charge in [-0.25, -0.2) is 14.8 Å². The molecule has 0 amide bonds. The topological polar surface area (TPSA) is 66.3 Å². The van der Waals surface area contributed by atoms with E-state index in [-0.39, 0.29) is 0 Å². The summed E-state index contributed by atoms with van der Waals surface area (Å²) in [5, 5.41) is 9.31. The summed E-state index contributed by atoms with van der Waals surface area (Å²) in [5.41, 5.74) is 3.26. The molecule has 1 aliphatic rings. The van der Waals surface area contributed by atoms with Gasteiger partial charge in [0.05, 0.1) is 12.1 Å². The molecule has 108 valence electrons. The molecule has 1 aliphatic heterocycles. The van der Waals surface area contributed by atoms with Crippen molar-refractivity contribution >= 4 is 11.7 Å². The van der Waals surface area contributed by atoms with Gasteiger partial charge in [0.2, 0.25) is 0 Å². The second-order valence-corrected chi connectivity index (χ2v) is 5.25. The standard InChI is InChI=1S/C16H17N3O2/c1-11-7-8-17-15(18-11)10-19-9-3-5-12-13(16(20)21)4-2-6-14(12)19/h2,4,6-8H,3,5,9-10H2,1H3,(H,20,21). The normalized spacial score (nSPS) is 13.9. The second kappa shape index (κ2) is 5.52. The van der Waals surface area contributed by atoms with Gasteiger partial charge in [-0.3, -0.25) is 0 Å². The van der Waals surface area contributed by atoms with E-state index in [1.54, 1.807) is 18.3 Å². The molecule has 0 saturated carbocycles. The van der Waals surface area contributed by atoms with Gasteiger partial charge < -0.3 is 10.0 Å². The third kappa shape index (κ3) is 2.72. The molecule has 0 atom stereocenters. The third-order valence-electron chi connectivity index (χ3n) is 3.75. The highest BCUT2D eigenvalue weighted by Crippen LogP contribution is 2.30. The molecule has 0 spiro atoms. The van der Waals surface area contributed by atoms with Crippen LogP contribution in [-0.2, 0) is 13.0 Å². The Morgan fingerprint density at radius 2 is 2.24 bits per heavy atom. The molecule has 0 radical (unpaired) electrons. The Morgan fingerprint density at radius 3 is 3.00 bits per heavy atom. The molecular weight excluding hydrogens is 266 g/mol. The summed E-state index contributed by atoms with van der Waals surface area (Å²) in [6.45, 7) is 3.45. The number of carboxylic acids is 1. The average Bonchev–Trinajstić information content (AvgIpc) is 2.47. The van der Waals surface area contributed by atoms with Gasteiger partial charge in [-0.05, 0) is 43.5 Å². The summed E-state index contributed by atoms with van der Waals surface area (Å²) in [5.74, 6) is -0.0934. The fraction of sp³-hybridized carbons (Fsp3) is 0.312. The van der Waals surface area contributed by atoms with Crippen LogP contribution < -0.4 is 4.90 Å². The summed E-state index contributed by atoms with van der Waals surface area (Å²) in [6.07, 6.45) is 3.52. The molecule has 0 saturated heterocycles. The van der Waals surface area contributed by atoms with E-state index in [2.05, 4.69) is 14.9 Å². The highest BCUT2D eigenvalue weighted by molar-refractivity contribution is 5.91. The van der Waals surface area contributed by atoms with Gasteiger partial charge in [0.25, 0.3) is 0 Å². The monoisotopic (exact) mass is 283 g/mol. The number of aromatic nitrogens is 2. The molecule has 1 aromatic heterocycles. The molecule has 3 rings (SSSR count). The van der Waals surface area contributed by atoms with Crippen LogP contribution in [-0.4, -0.2) is 27.6 Å². The van der Waals surface area contributed by atoms with E-state index in [4.69, 9.17) is 0 Å². The van der Waals surface area contributed by atoms with E-state index in [0.29, 0.717) is 12.1 Å². The van der Waals surface area contributed by atoms with Crippen molar-refractivity contribution in [2.75, 3.05) is 11.4 Å². The number of fused-ring (bicyclic) bond motifs is 1. The lowest BCUT2D eigenvalue weighted by atomic mass is 9.96. The summed E-state index contributed by atoms with van der Waals surface area (Å²) in [7, 11) is 0. The molecule has 2 aromatic rings. The van der Waals surface area contributed by atoms with Crippen LogP contribution in [0.5, 0.6) is 0 Å². The molecule has 0 unspecified atom stereocenters. The van der Waals surface area contributed by atoms with Crippen molar-refractivity contribution in [1.29, 1.82) is 0 Å². The van der Waals surface area contributed by atoms with Gasteiger partial charge in [-0.2, -0.15) is 0 Å². The Kier molecular flexibility index (Phi) is 3.56. The van der Waals surface area contributed by atoms with E-state index in [0.717, 1.165) is 42.2 Å². The molecular formula is C16H17N3O2. The lowest BCUT2D eigenvalue weighted by Crippen LogP contribution is -2.30. The zero-order valence-electron chi connectivity index (χ0n) is 11.9. The van der Waals surface area contributed by atoms with Crippen molar-refractivity contribution in [3.63, 3.8) is 0 Å². The molecule has 5 nitrogen and oxygen atoms in total. The maximum atomic E-state index is 11.3. The Bertz CT molecular complexity index is 685. The van der Waals surface area contributed by atoms with Crippen molar-refractivity contribution in [1.82, 2.24) is 9.97 Å². The van der Waals surface area contributed by atoms with Crippen LogP contribution >= 0.6 is 0 Å². The zero-order chi connectivity index (χ0) is 14.8. The number of carboxylic acid groups (broad SMARTS) is 1. The SMILES string of the molecule is Cc1ccnc(CN2CCCc3c(C(=O)O)cccc32)n1. The van der Waals surface area contributed by atoms with Gasteiger partial charge in [0, 0.05) is 24.1 Å². The molecule has 2 heterocycles. The van der Waals surface area contributed by atoms with E-state index < -0.39 is 5.97 Å². The largest absolute Gasteiger partial charge is 0.478 e. The lowest BCUT2D eigenvalue weighted by Gasteiger charge is -2.31. The Balaban J connectivity index is 1.94. The lowest BCUT2D eigenvalue weighted by molar-refractivity contribution is 0.0695. The van der Waals surface area contributed by atoms with Gasteiger partial charge in [0.15, 0.2) is 0 Å². The van der Waals surface area contributed by atoms with Crippen molar-refractivity contribution in [2.45, 2.75) is 26.3 Å². The fourth-order valence-corrected chi connectivity index (χ4v) is 2.81. The van der Waals surface area contributed by atoms with Crippen molar-refractivity contribution in [3.8, 4) is 0 Å². The van der Waals surface area contributed by atoms with E-state index in [9.17, 15) is 9.90 Å². The first-order chi connectivity index (χ1) is 10.1. The summed E-state index contributed by atoms with van der Waals surface area (Å²) in [4.78, 5) is 22.2. The van der Waals surface area contributed by atoms with Crippen LogP contribution in [0.25, 0.3) is 0 Å². The van der Waals surface area contributed by atoms with E-state index in [1.165, 1.54) is 0 Å². The molecule has 0 bridgehead atoms. The van der Waals surface area contributed by atoms with Crippen LogP contribution in [0.1, 0.15) is 33.9 Å². The maximum Gasteiger partial charge on any atom is 0.336 e. The predicted molar refractivity (Wildman–Crippen MR) is 79.5 cm³/mol. The third-order valence-corrected chi connectivity index (χ3v) is 3.75. The highest BCUT2D eigenvalue weighted by Gasteiger charge is 2.22. The number of aromatic carboxylic acids is 1. The van der Waals surface area contributed by atoms with Gasteiger partial charge >= 0.3 is 5.97 Å². The Morgan fingerprint density at radius 1 is 1.38 bits per heavy atom. The molecule has 0 fully saturated rings. The quantitative estimate of drug-likeness (QED) is 0.937. The molecule has 1 aromatic carbocycles. The minimum absolute atomic E-state index is 0.405. The number of rotatable bonds is 3. The summed E-state index contributed by atoms with van der Waals surface area (Å²) >= 11 is 0. The molecule has 21 heavy (non-hydrogen) atoms. The number of hydrogen-bond donors (Lipinski definition) is 1. The van der Waals surface area contributed by atoms with Gasteiger partial charge in [-0.15, -0.1) is 0 Å². The number of anilines is 1. The maximum absolute atomic E-state index is 11.3. The van der Waals surface area contributed by atoms with Crippen LogP contribution in [0.15, 0.2) is 30.5 Å².